The molecule has 1 aliphatic heterocycles. The van der Waals surface area contributed by atoms with E-state index in [0.717, 1.165) is 49.7 Å². The lowest BCUT2D eigenvalue weighted by atomic mass is 10.1. The predicted molar refractivity (Wildman–Crippen MR) is 131 cm³/mol. The van der Waals surface area contributed by atoms with Crippen molar-refractivity contribution in [2.75, 3.05) is 36.4 Å². The molecule has 3 aromatic rings. The van der Waals surface area contributed by atoms with Gasteiger partial charge < -0.3 is 15.1 Å². The lowest BCUT2D eigenvalue weighted by Crippen LogP contribution is -2.33. The largest absolute Gasteiger partial charge is 0.355 e. The SMILES string of the molecule is CC(=O)N1CCCN(c2ccc(-c3cc(C4CC4)cc(Nc4cc(C#N)ccn4)n3)cn2)CC1. The number of nitrogens with zero attached hydrogens (tertiary/aromatic N) is 6. The summed E-state index contributed by atoms with van der Waals surface area (Å²) in [6.07, 6.45) is 6.81. The van der Waals surface area contributed by atoms with Gasteiger partial charge in [0.2, 0.25) is 5.91 Å². The lowest BCUT2D eigenvalue weighted by molar-refractivity contribution is -0.128. The number of hydrogen-bond donors (Lipinski definition) is 1. The van der Waals surface area contributed by atoms with Gasteiger partial charge in [0.05, 0.1) is 17.3 Å². The van der Waals surface area contributed by atoms with E-state index in [1.165, 1.54) is 18.4 Å². The highest BCUT2D eigenvalue weighted by Crippen LogP contribution is 2.42. The Bertz CT molecular complexity index is 1230. The fourth-order valence-corrected chi connectivity index (χ4v) is 4.30. The van der Waals surface area contributed by atoms with E-state index in [1.807, 2.05) is 17.2 Å². The van der Waals surface area contributed by atoms with Crippen LogP contribution in [0, 0.1) is 11.3 Å². The highest BCUT2D eigenvalue weighted by atomic mass is 16.2. The Balaban J connectivity index is 1.37. The van der Waals surface area contributed by atoms with Crippen molar-refractivity contribution in [1.29, 1.82) is 5.26 Å². The second-order valence-electron chi connectivity index (χ2n) is 8.86. The molecular weight excluding hydrogens is 426 g/mol. The summed E-state index contributed by atoms with van der Waals surface area (Å²) in [5.74, 6) is 2.92. The Hall–Kier alpha value is -3.99. The average Bonchev–Trinajstić information content (AvgIpc) is 3.71. The smallest absolute Gasteiger partial charge is 0.219 e. The number of carbonyl (C=O) groups is 1. The number of amides is 1. The maximum atomic E-state index is 11.7. The maximum absolute atomic E-state index is 11.7. The van der Waals surface area contributed by atoms with Gasteiger partial charge in [-0.2, -0.15) is 5.26 Å². The van der Waals surface area contributed by atoms with E-state index in [1.54, 1.807) is 25.3 Å². The van der Waals surface area contributed by atoms with Crippen molar-refractivity contribution in [3.05, 3.63) is 59.9 Å². The van der Waals surface area contributed by atoms with E-state index in [9.17, 15) is 4.79 Å². The normalized spacial score (nSPS) is 16.0. The Labute approximate surface area is 199 Å². The molecule has 0 aromatic carbocycles. The summed E-state index contributed by atoms with van der Waals surface area (Å²) in [7, 11) is 0. The van der Waals surface area contributed by atoms with Crippen LogP contribution in [0.2, 0.25) is 0 Å². The molecule has 0 spiro atoms. The first-order valence-corrected chi connectivity index (χ1v) is 11.7. The van der Waals surface area contributed by atoms with Gasteiger partial charge in [-0.1, -0.05) is 0 Å². The summed E-state index contributed by atoms with van der Waals surface area (Å²) < 4.78 is 0. The maximum Gasteiger partial charge on any atom is 0.219 e. The van der Waals surface area contributed by atoms with Crippen molar-refractivity contribution >= 4 is 23.4 Å². The molecule has 2 aliphatic rings. The Morgan fingerprint density at radius 2 is 1.94 bits per heavy atom. The predicted octanol–water partition coefficient (Wildman–Crippen LogP) is 4.09. The van der Waals surface area contributed by atoms with E-state index in [2.05, 4.69) is 39.5 Å². The topological polar surface area (TPSA) is 98.0 Å². The molecule has 8 nitrogen and oxygen atoms in total. The van der Waals surface area contributed by atoms with Crippen LogP contribution in [0.25, 0.3) is 11.3 Å². The zero-order chi connectivity index (χ0) is 23.5. The molecule has 172 valence electrons. The summed E-state index contributed by atoms with van der Waals surface area (Å²) in [6, 6.07) is 13.9. The third-order valence-electron chi connectivity index (χ3n) is 6.35. The Morgan fingerprint density at radius 3 is 2.68 bits per heavy atom. The van der Waals surface area contributed by atoms with E-state index in [4.69, 9.17) is 15.2 Å². The van der Waals surface area contributed by atoms with Crippen LogP contribution in [-0.2, 0) is 4.79 Å². The molecule has 0 atom stereocenters. The lowest BCUT2D eigenvalue weighted by Gasteiger charge is -2.22. The first-order valence-electron chi connectivity index (χ1n) is 11.7. The second kappa shape index (κ2) is 9.48. The van der Waals surface area contributed by atoms with Crippen LogP contribution >= 0.6 is 0 Å². The number of aromatic nitrogens is 3. The molecule has 4 heterocycles. The van der Waals surface area contributed by atoms with Gasteiger partial charge in [-0.3, -0.25) is 4.79 Å². The van der Waals surface area contributed by atoms with Gasteiger partial charge in [0, 0.05) is 51.1 Å². The molecular formula is C26H27N7O. The van der Waals surface area contributed by atoms with Gasteiger partial charge in [-0.15, -0.1) is 0 Å². The molecule has 1 saturated heterocycles. The van der Waals surface area contributed by atoms with Gasteiger partial charge in [0.15, 0.2) is 0 Å². The zero-order valence-electron chi connectivity index (χ0n) is 19.2. The summed E-state index contributed by atoms with van der Waals surface area (Å²) in [6.45, 7) is 4.81. The number of hydrogen-bond acceptors (Lipinski definition) is 7. The second-order valence-corrected chi connectivity index (χ2v) is 8.86. The van der Waals surface area contributed by atoms with Gasteiger partial charge in [0.25, 0.3) is 0 Å². The van der Waals surface area contributed by atoms with Gasteiger partial charge in [-0.25, -0.2) is 15.0 Å². The Kier molecular flexibility index (Phi) is 6.09. The minimum absolute atomic E-state index is 0.130. The molecule has 0 unspecified atom stereocenters. The molecule has 34 heavy (non-hydrogen) atoms. The van der Waals surface area contributed by atoms with E-state index >= 15 is 0 Å². The van der Waals surface area contributed by atoms with Gasteiger partial charge in [-0.05, 0) is 67.1 Å². The average molecular weight is 454 g/mol. The quantitative estimate of drug-likeness (QED) is 0.621. The standard InChI is InChI=1S/C26H27N7O/c1-18(34)32-9-2-10-33(12-11-32)26-6-5-21(17-29-26)23-14-22(20-3-4-20)15-25(30-23)31-24-13-19(16-27)7-8-28-24/h5-8,13-15,17,20H,2-4,9-12H2,1H3,(H,28,30,31). The van der Waals surface area contributed by atoms with Crippen LogP contribution < -0.4 is 10.2 Å². The van der Waals surface area contributed by atoms with Crippen LogP contribution in [0.1, 0.15) is 43.2 Å². The highest BCUT2D eigenvalue weighted by Gasteiger charge is 2.25. The zero-order valence-corrected chi connectivity index (χ0v) is 19.2. The summed E-state index contributed by atoms with van der Waals surface area (Å²) in [5.41, 5.74) is 3.62. The molecule has 0 radical (unpaired) electrons. The molecule has 1 saturated carbocycles. The first kappa shape index (κ1) is 21.8. The van der Waals surface area contributed by atoms with Crippen molar-refractivity contribution < 1.29 is 4.79 Å². The first-order chi connectivity index (χ1) is 16.6. The number of anilines is 3. The van der Waals surface area contributed by atoms with Gasteiger partial charge >= 0.3 is 0 Å². The fourth-order valence-electron chi connectivity index (χ4n) is 4.30. The third-order valence-corrected chi connectivity index (χ3v) is 6.35. The van der Waals surface area contributed by atoms with E-state index in [0.29, 0.717) is 23.1 Å². The molecule has 1 N–H and O–H groups in total. The third kappa shape index (κ3) is 4.99. The van der Waals surface area contributed by atoms with Crippen molar-refractivity contribution in [3.63, 3.8) is 0 Å². The number of nitriles is 1. The van der Waals surface area contributed by atoms with E-state index < -0.39 is 0 Å². The summed E-state index contributed by atoms with van der Waals surface area (Å²) in [5, 5.41) is 12.4. The van der Waals surface area contributed by atoms with Crippen LogP contribution in [-0.4, -0.2) is 51.9 Å². The van der Waals surface area contributed by atoms with Crippen LogP contribution in [0.5, 0.6) is 0 Å². The summed E-state index contributed by atoms with van der Waals surface area (Å²) in [4.78, 5) is 29.7. The number of nitrogens with one attached hydrogen (secondary N) is 1. The Morgan fingerprint density at radius 1 is 1.06 bits per heavy atom. The molecule has 1 aliphatic carbocycles. The molecule has 2 fully saturated rings. The number of rotatable bonds is 5. The molecule has 0 bridgehead atoms. The summed E-state index contributed by atoms with van der Waals surface area (Å²) >= 11 is 0. The minimum atomic E-state index is 0.130. The minimum Gasteiger partial charge on any atom is -0.355 e. The number of pyridine rings is 3. The molecule has 1 amide bonds. The molecule has 5 rings (SSSR count). The highest BCUT2D eigenvalue weighted by molar-refractivity contribution is 5.73. The van der Waals surface area contributed by atoms with E-state index in [-0.39, 0.29) is 5.91 Å². The van der Waals surface area contributed by atoms with Crippen LogP contribution in [0.15, 0.2) is 48.8 Å². The van der Waals surface area contributed by atoms with Crippen molar-refractivity contribution in [3.8, 4) is 17.3 Å². The molecule has 3 aromatic heterocycles. The van der Waals surface area contributed by atoms with Crippen molar-refractivity contribution in [2.24, 2.45) is 0 Å². The van der Waals surface area contributed by atoms with Crippen LogP contribution in [0.4, 0.5) is 17.5 Å². The van der Waals surface area contributed by atoms with Crippen LogP contribution in [0.3, 0.4) is 0 Å². The van der Waals surface area contributed by atoms with Crippen molar-refractivity contribution in [1.82, 2.24) is 19.9 Å². The molecule has 8 heteroatoms. The van der Waals surface area contributed by atoms with Crippen molar-refractivity contribution in [2.45, 2.75) is 32.1 Å². The number of carbonyl (C=O) groups excluding carboxylic acids is 1. The monoisotopic (exact) mass is 453 g/mol. The fraction of sp³-hybridized carbons (Fsp3) is 0.346. The van der Waals surface area contributed by atoms with Gasteiger partial charge in [0.1, 0.15) is 17.5 Å².